The maximum absolute atomic E-state index is 12.7. The quantitative estimate of drug-likeness (QED) is 0.550. The van der Waals surface area contributed by atoms with Gasteiger partial charge in [0.1, 0.15) is 12.4 Å². The number of aromatic nitrogens is 2. The zero-order valence-corrected chi connectivity index (χ0v) is 14.9. The van der Waals surface area contributed by atoms with Gasteiger partial charge in [0.05, 0.1) is 17.3 Å². The Bertz CT molecular complexity index is 1070. The number of para-hydroxylation sites is 3. The Morgan fingerprint density at radius 2 is 1.89 bits per heavy atom. The molecule has 0 aliphatic carbocycles. The van der Waals surface area contributed by atoms with Crippen molar-refractivity contribution in [3.8, 4) is 5.75 Å². The first kappa shape index (κ1) is 16.9. The van der Waals surface area contributed by atoms with Crippen LogP contribution in [0.25, 0.3) is 11.0 Å². The summed E-state index contributed by atoms with van der Waals surface area (Å²) in [4.78, 5) is 17.3. The number of furan rings is 1. The van der Waals surface area contributed by atoms with Crippen LogP contribution in [-0.4, -0.2) is 15.5 Å². The predicted molar refractivity (Wildman–Crippen MR) is 103 cm³/mol. The van der Waals surface area contributed by atoms with Crippen molar-refractivity contribution in [3.63, 3.8) is 0 Å². The van der Waals surface area contributed by atoms with Gasteiger partial charge in [0.15, 0.2) is 5.76 Å². The number of carbonyl (C=O) groups is 1. The van der Waals surface area contributed by atoms with Crippen LogP contribution in [0.5, 0.6) is 5.75 Å². The second-order valence-electron chi connectivity index (χ2n) is 6.00. The Hall–Kier alpha value is -3.54. The summed E-state index contributed by atoms with van der Waals surface area (Å²) in [5.74, 6) is 1.10. The highest BCUT2D eigenvalue weighted by Gasteiger charge is 2.19. The lowest BCUT2D eigenvalue weighted by atomic mass is 10.2. The number of anilines is 1. The van der Waals surface area contributed by atoms with Crippen LogP contribution < -0.4 is 10.1 Å². The minimum absolute atomic E-state index is 0.223. The van der Waals surface area contributed by atoms with Gasteiger partial charge < -0.3 is 13.7 Å². The summed E-state index contributed by atoms with van der Waals surface area (Å²) in [5, 5.41) is 2.86. The summed E-state index contributed by atoms with van der Waals surface area (Å²) >= 11 is 0. The first-order chi connectivity index (χ1) is 13.3. The molecule has 0 aliphatic rings. The number of benzene rings is 2. The molecule has 2 aromatic carbocycles. The molecule has 6 nitrogen and oxygen atoms in total. The van der Waals surface area contributed by atoms with Crippen molar-refractivity contribution in [2.24, 2.45) is 0 Å². The van der Waals surface area contributed by atoms with Gasteiger partial charge in [-0.25, -0.2) is 4.98 Å². The lowest BCUT2D eigenvalue weighted by Gasteiger charge is -2.08. The van der Waals surface area contributed by atoms with Gasteiger partial charge in [-0.3, -0.25) is 10.1 Å². The number of amides is 1. The van der Waals surface area contributed by atoms with Gasteiger partial charge >= 0.3 is 0 Å². The van der Waals surface area contributed by atoms with Crippen molar-refractivity contribution >= 4 is 22.9 Å². The van der Waals surface area contributed by atoms with E-state index in [4.69, 9.17) is 9.15 Å². The smallest absolute Gasteiger partial charge is 0.294 e. The molecular formula is C21H19N3O3. The van der Waals surface area contributed by atoms with E-state index in [1.165, 1.54) is 6.26 Å². The minimum atomic E-state index is -0.350. The van der Waals surface area contributed by atoms with E-state index >= 15 is 0 Å². The Morgan fingerprint density at radius 1 is 1.11 bits per heavy atom. The summed E-state index contributed by atoms with van der Waals surface area (Å²) in [6.07, 6.45) is 1.49. The van der Waals surface area contributed by atoms with Gasteiger partial charge in [-0.2, -0.15) is 0 Å². The summed E-state index contributed by atoms with van der Waals surface area (Å²) < 4.78 is 13.1. The van der Waals surface area contributed by atoms with Crippen molar-refractivity contribution < 1.29 is 13.9 Å². The minimum Gasteiger partial charge on any atom is -0.489 e. The van der Waals surface area contributed by atoms with E-state index in [1.807, 2.05) is 66.1 Å². The van der Waals surface area contributed by atoms with Gasteiger partial charge in [-0.1, -0.05) is 30.3 Å². The molecule has 6 heteroatoms. The third-order valence-electron chi connectivity index (χ3n) is 4.29. The van der Waals surface area contributed by atoms with Gasteiger partial charge in [0.2, 0.25) is 5.95 Å². The van der Waals surface area contributed by atoms with Crippen molar-refractivity contribution in [3.05, 3.63) is 78.3 Å². The molecule has 0 spiro atoms. The number of aryl methyl sites for hydroxylation is 1. The zero-order chi connectivity index (χ0) is 18.6. The van der Waals surface area contributed by atoms with Crippen LogP contribution in [0.15, 0.2) is 71.3 Å². The van der Waals surface area contributed by atoms with E-state index in [9.17, 15) is 4.79 Å². The van der Waals surface area contributed by atoms with Gasteiger partial charge in [-0.05, 0) is 37.3 Å². The molecule has 1 N–H and O–H groups in total. The molecule has 0 saturated carbocycles. The Kier molecular flexibility index (Phi) is 4.61. The number of hydrogen-bond acceptors (Lipinski definition) is 4. The summed E-state index contributed by atoms with van der Waals surface area (Å²) in [6.45, 7) is 2.95. The van der Waals surface area contributed by atoms with E-state index in [0.29, 0.717) is 18.1 Å². The molecule has 0 radical (unpaired) electrons. The van der Waals surface area contributed by atoms with Crippen LogP contribution >= 0.6 is 0 Å². The lowest BCUT2D eigenvalue weighted by molar-refractivity contribution is 0.0992. The number of nitrogens with one attached hydrogen (secondary N) is 1. The van der Waals surface area contributed by atoms with Crippen LogP contribution in [0.3, 0.4) is 0 Å². The van der Waals surface area contributed by atoms with Crippen molar-refractivity contribution in [1.82, 2.24) is 9.55 Å². The third-order valence-corrected chi connectivity index (χ3v) is 4.29. The van der Waals surface area contributed by atoms with E-state index in [-0.39, 0.29) is 18.3 Å². The van der Waals surface area contributed by atoms with Gasteiger partial charge in [-0.15, -0.1) is 0 Å². The molecule has 0 unspecified atom stereocenters. The second-order valence-corrected chi connectivity index (χ2v) is 6.00. The monoisotopic (exact) mass is 361 g/mol. The van der Waals surface area contributed by atoms with Crippen LogP contribution in [0.1, 0.15) is 23.0 Å². The van der Waals surface area contributed by atoms with Crippen LogP contribution in [-0.2, 0) is 13.2 Å². The maximum atomic E-state index is 12.7. The van der Waals surface area contributed by atoms with Gasteiger partial charge in [0, 0.05) is 12.1 Å². The van der Waals surface area contributed by atoms with Crippen LogP contribution in [0.2, 0.25) is 0 Å². The van der Waals surface area contributed by atoms with Crippen LogP contribution in [0, 0.1) is 0 Å². The molecule has 4 rings (SSSR count). The average Bonchev–Trinajstić information content (AvgIpc) is 3.31. The number of hydrogen-bond donors (Lipinski definition) is 1. The fraction of sp³-hybridized carbons (Fsp3) is 0.143. The molecule has 0 aliphatic heterocycles. The number of fused-ring (bicyclic) bond motifs is 1. The fourth-order valence-electron chi connectivity index (χ4n) is 2.98. The number of imidazole rings is 1. The topological polar surface area (TPSA) is 69.3 Å². The van der Waals surface area contributed by atoms with Crippen molar-refractivity contribution in [2.45, 2.75) is 20.1 Å². The number of rotatable bonds is 6. The molecule has 27 heavy (non-hydrogen) atoms. The Balaban J connectivity index is 1.53. The molecule has 2 heterocycles. The zero-order valence-electron chi connectivity index (χ0n) is 14.9. The van der Waals surface area contributed by atoms with E-state index in [0.717, 1.165) is 16.8 Å². The normalized spacial score (nSPS) is 10.9. The molecule has 1 amide bonds. The standard InChI is InChI=1S/C21H19N3O3/c1-2-24-18-11-7-6-10-17(18)22-21(24)23-20(25)19-15(12-13-26-19)14-27-16-8-4-3-5-9-16/h3-13H,2,14H2,1H3,(H,22,23,25). The summed E-state index contributed by atoms with van der Waals surface area (Å²) in [6, 6.07) is 19.0. The molecule has 136 valence electrons. The average molecular weight is 361 g/mol. The fourth-order valence-corrected chi connectivity index (χ4v) is 2.98. The molecule has 0 atom stereocenters. The summed E-state index contributed by atoms with van der Waals surface area (Å²) in [5.41, 5.74) is 2.49. The maximum Gasteiger partial charge on any atom is 0.294 e. The first-order valence-corrected chi connectivity index (χ1v) is 8.77. The first-order valence-electron chi connectivity index (χ1n) is 8.77. The SMILES string of the molecule is CCn1c(NC(=O)c2occc2COc2ccccc2)nc2ccccc21. The number of nitrogens with zero attached hydrogens (tertiary/aromatic N) is 2. The molecule has 0 fully saturated rings. The predicted octanol–water partition coefficient (Wildman–Crippen LogP) is 4.48. The van der Waals surface area contributed by atoms with Gasteiger partial charge in [0.25, 0.3) is 5.91 Å². The molecule has 2 aromatic heterocycles. The molecule has 0 bridgehead atoms. The van der Waals surface area contributed by atoms with Crippen molar-refractivity contribution in [1.29, 1.82) is 0 Å². The van der Waals surface area contributed by atoms with Crippen molar-refractivity contribution in [2.75, 3.05) is 5.32 Å². The number of carbonyl (C=O) groups excluding carboxylic acids is 1. The largest absolute Gasteiger partial charge is 0.489 e. The Labute approximate surface area is 156 Å². The summed E-state index contributed by atoms with van der Waals surface area (Å²) in [7, 11) is 0. The highest BCUT2D eigenvalue weighted by atomic mass is 16.5. The highest BCUT2D eigenvalue weighted by Crippen LogP contribution is 2.21. The molecule has 0 saturated heterocycles. The van der Waals surface area contributed by atoms with E-state index < -0.39 is 0 Å². The lowest BCUT2D eigenvalue weighted by Crippen LogP contribution is -2.17. The Morgan fingerprint density at radius 3 is 2.70 bits per heavy atom. The second kappa shape index (κ2) is 7.37. The molecular weight excluding hydrogens is 342 g/mol. The van der Waals surface area contributed by atoms with E-state index in [2.05, 4.69) is 10.3 Å². The third kappa shape index (κ3) is 3.42. The highest BCUT2D eigenvalue weighted by molar-refractivity contribution is 6.03. The molecule has 4 aromatic rings. The van der Waals surface area contributed by atoms with E-state index in [1.54, 1.807) is 6.07 Å². The van der Waals surface area contributed by atoms with Crippen LogP contribution in [0.4, 0.5) is 5.95 Å². The number of ether oxygens (including phenoxy) is 1.